The van der Waals surface area contributed by atoms with Crippen LogP contribution in [0, 0.1) is 18.7 Å². The lowest BCUT2D eigenvalue weighted by atomic mass is 9.96. The van der Waals surface area contributed by atoms with Crippen molar-refractivity contribution in [3.8, 4) is 0 Å². The standard InChI is InChI=1S/C24H25FN2O4S/c1-18-8-10-20(11-9-18)27(17-21-5-4-16-31-21)24(28)19-12-14-26(15-13-19)32(29,30)23-7-3-2-6-22(23)25/h2-11,16,19H,12-15,17H2,1H3. The van der Waals surface area contributed by atoms with Crippen molar-refractivity contribution in [1.82, 2.24) is 4.31 Å². The number of benzene rings is 2. The Balaban J connectivity index is 1.50. The van der Waals surface area contributed by atoms with Gasteiger partial charge in [-0.1, -0.05) is 29.8 Å². The molecule has 1 fully saturated rings. The first-order valence-electron chi connectivity index (χ1n) is 10.5. The minimum absolute atomic E-state index is 0.0757. The summed E-state index contributed by atoms with van der Waals surface area (Å²) in [5.74, 6) is -0.514. The average Bonchev–Trinajstić information content (AvgIpc) is 3.31. The molecule has 0 bridgehead atoms. The van der Waals surface area contributed by atoms with Crippen molar-refractivity contribution in [2.45, 2.75) is 31.2 Å². The van der Waals surface area contributed by atoms with E-state index in [-0.39, 0.29) is 29.8 Å². The molecule has 168 valence electrons. The fourth-order valence-electron chi connectivity index (χ4n) is 3.94. The van der Waals surface area contributed by atoms with Gasteiger partial charge in [0.2, 0.25) is 15.9 Å². The zero-order valence-corrected chi connectivity index (χ0v) is 18.6. The summed E-state index contributed by atoms with van der Waals surface area (Å²) in [4.78, 5) is 14.8. The molecule has 0 radical (unpaired) electrons. The fourth-order valence-corrected chi connectivity index (χ4v) is 5.47. The SMILES string of the molecule is Cc1ccc(N(Cc2ccco2)C(=O)C2CCN(S(=O)(=O)c3ccccc3F)CC2)cc1. The highest BCUT2D eigenvalue weighted by atomic mass is 32.2. The summed E-state index contributed by atoms with van der Waals surface area (Å²) in [5, 5.41) is 0. The summed E-state index contributed by atoms with van der Waals surface area (Å²) in [6, 6.07) is 16.6. The van der Waals surface area contributed by atoms with E-state index in [1.54, 1.807) is 17.2 Å². The predicted molar refractivity (Wildman–Crippen MR) is 119 cm³/mol. The molecular weight excluding hydrogens is 431 g/mol. The molecule has 4 rings (SSSR count). The summed E-state index contributed by atoms with van der Waals surface area (Å²) in [5.41, 5.74) is 1.85. The molecule has 3 aromatic rings. The van der Waals surface area contributed by atoms with Gasteiger partial charge in [0.25, 0.3) is 0 Å². The third-order valence-electron chi connectivity index (χ3n) is 5.76. The summed E-state index contributed by atoms with van der Waals surface area (Å²) in [6.07, 6.45) is 2.30. The topological polar surface area (TPSA) is 70.8 Å². The normalized spacial score (nSPS) is 15.6. The van der Waals surface area contributed by atoms with Gasteiger partial charge < -0.3 is 9.32 Å². The molecule has 2 aromatic carbocycles. The van der Waals surface area contributed by atoms with Crippen LogP contribution >= 0.6 is 0 Å². The quantitative estimate of drug-likeness (QED) is 0.553. The number of piperidine rings is 1. The van der Waals surface area contributed by atoms with Crippen molar-refractivity contribution in [2.75, 3.05) is 18.0 Å². The molecule has 2 heterocycles. The van der Waals surface area contributed by atoms with E-state index >= 15 is 0 Å². The van der Waals surface area contributed by atoms with Crippen LogP contribution in [-0.4, -0.2) is 31.7 Å². The van der Waals surface area contributed by atoms with Crippen molar-refractivity contribution in [1.29, 1.82) is 0 Å². The monoisotopic (exact) mass is 456 g/mol. The Morgan fingerprint density at radius 3 is 2.38 bits per heavy atom. The Labute approximate surface area is 187 Å². The van der Waals surface area contributed by atoms with Crippen molar-refractivity contribution in [3.05, 3.63) is 84.1 Å². The summed E-state index contributed by atoms with van der Waals surface area (Å²) in [6.45, 7) is 2.60. The highest BCUT2D eigenvalue weighted by Crippen LogP contribution is 2.29. The van der Waals surface area contributed by atoms with Crippen LogP contribution in [0.3, 0.4) is 0 Å². The lowest BCUT2D eigenvalue weighted by Crippen LogP contribution is -2.44. The maximum atomic E-state index is 14.1. The number of furan rings is 1. The molecule has 0 unspecified atom stereocenters. The number of halogens is 1. The number of rotatable bonds is 6. The number of anilines is 1. The number of amides is 1. The Kier molecular flexibility index (Phi) is 6.43. The first-order valence-corrected chi connectivity index (χ1v) is 12.0. The largest absolute Gasteiger partial charge is 0.467 e. The predicted octanol–water partition coefficient (Wildman–Crippen LogP) is 4.36. The second-order valence-corrected chi connectivity index (χ2v) is 9.85. The van der Waals surface area contributed by atoms with E-state index in [1.165, 1.54) is 22.5 Å². The number of sulfonamides is 1. The Morgan fingerprint density at radius 2 is 1.75 bits per heavy atom. The zero-order chi connectivity index (χ0) is 22.7. The molecule has 0 aliphatic carbocycles. The molecule has 1 saturated heterocycles. The molecule has 0 N–H and O–H groups in total. The van der Waals surface area contributed by atoms with Crippen LogP contribution in [0.15, 0.2) is 76.2 Å². The van der Waals surface area contributed by atoms with E-state index in [0.717, 1.165) is 17.3 Å². The molecular formula is C24H25FN2O4S. The second-order valence-electron chi connectivity index (χ2n) is 7.95. The van der Waals surface area contributed by atoms with Crippen molar-refractivity contribution >= 4 is 21.6 Å². The lowest BCUT2D eigenvalue weighted by Gasteiger charge is -2.33. The number of aryl methyl sites for hydroxylation is 1. The fraction of sp³-hybridized carbons (Fsp3) is 0.292. The summed E-state index contributed by atoms with van der Waals surface area (Å²) < 4.78 is 46.5. The zero-order valence-electron chi connectivity index (χ0n) is 17.8. The van der Waals surface area contributed by atoms with E-state index in [9.17, 15) is 17.6 Å². The number of carbonyl (C=O) groups excluding carboxylic acids is 1. The van der Waals surface area contributed by atoms with Crippen LogP contribution < -0.4 is 4.90 Å². The van der Waals surface area contributed by atoms with Gasteiger partial charge in [-0.25, -0.2) is 12.8 Å². The van der Waals surface area contributed by atoms with Crippen LogP contribution in [-0.2, 0) is 21.4 Å². The second kappa shape index (κ2) is 9.26. The number of hydrogen-bond acceptors (Lipinski definition) is 4. The molecule has 1 aromatic heterocycles. The molecule has 0 saturated carbocycles. The number of nitrogens with zero attached hydrogens (tertiary/aromatic N) is 2. The van der Waals surface area contributed by atoms with E-state index in [2.05, 4.69) is 0 Å². The number of carbonyl (C=O) groups is 1. The lowest BCUT2D eigenvalue weighted by molar-refractivity contribution is -0.123. The van der Waals surface area contributed by atoms with Crippen LogP contribution in [0.5, 0.6) is 0 Å². The maximum absolute atomic E-state index is 14.1. The van der Waals surface area contributed by atoms with E-state index in [1.807, 2.05) is 37.3 Å². The molecule has 32 heavy (non-hydrogen) atoms. The van der Waals surface area contributed by atoms with E-state index in [4.69, 9.17) is 4.42 Å². The highest BCUT2D eigenvalue weighted by Gasteiger charge is 2.35. The van der Waals surface area contributed by atoms with Gasteiger partial charge in [0.1, 0.15) is 16.5 Å². The van der Waals surface area contributed by atoms with Gasteiger partial charge >= 0.3 is 0 Å². The van der Waals surface area contributed by atoms with Gasteiger partial charge in [0.05, 0.1) is 12.8 Å². The first kappa shape index (κ1) is 22.2. The van der Waals surface area contributed by atoms with E-state index in [0.29, 0.717) is 25.1 Å². The highest BCUT2D eigenvalue weighted by molar-refractivity contribution is 7.89. The Hall–Kier alpha value is -2.97. The molecule has 0 atom stereocenters. The third kappa shape index (κ3) is 4.61. The molecule has 0 spiro atoms. The molecule has 1 aliphatic rings. The molecule has 8 heteroatoms. The van der Waals surface area contributed by atoms with Gasteiger partial charge in [0.15, 0.2) is 0 Å². The van der Waals surface area contributed by atoms with Gasteiger partial charge in [-0.15, -0.1) is 0 Å². The smallest absolute Gasteiger partial charge is 0.245 e. The molecule has 6 nitrogen and oxygen atoms in total. The molecule has 1 amide bonds. The average molecular weight is 457 g/mol. The van der Waals surface area contributed by atoms with E-state index < -0.39 is 15.8 Å². The molecule has 1 aliphatic heterocycles. The third-order valence-corrected chi connectivity index (χ3v) is 7.70. The van der Waals surface area contributed by atoms with Crippen LogP contribution in [0.4, 0.5) is 10.1 Å². The summed E-state index contributed by atoms with van der Waals surface area (Å²) >= 11 is 0. The van der Waals surface area contributed by atoms with Crippen LogP contribution in [0.25, 0.3) is 0 Å². The minimum Gasteiger partial charge on any atom is -0.467 e. The minimum atomic E-state index is -3.94. The van der Waals surface area contributed by atoms with Crippen molar-refractivity contribution in [2.24, 2.45) is 5.92 Å². The van der Waals surface area contributed by atoms with Crippen molar-refractivity contribution in [3.63, 3.8) is 0 Å². The summed E-state index contributed by atoms with van der Waals surface area (Å²) in [7, 11) is -3.94. The van der Waals surface area contributed by atoms with Gasteiger partial charge in [0, 0.05) is 24.7 Å². The Morgan fingerprint density at radius 1 is 1.06 bits per heavy atom. The number of hydrogen-bond donors (Lipinski definition) is 0. The van der Waals surface area contributed by atoms with Crippen LogP contribution in [0.2, 0.25) is 0 Å². The maximum Gasteiger partial charge on any atom is 0.245 e. The van der Waals surface area contributed by atoms with Gasteiger partial charge in [-0.3, -0.25) is 4.79 Å². The van der Waals surface area contributed by atoms with Crippen molar-refractivity contribution < 1.29 is 22.0 Å². The van der Waals surface area contributed by atoms with Gasteiger partial charge in [-0.05, 0) is 56.2 Å². The van der Waals surface area contributed by atoms with Crippen LogP contribution in [0.1, 0.15) is 24.2 Å². The Bertz CT molecular complexity index is 1170. The first-order chi connectivity index (χ1) is 15.4. The van der Waals surface area contributed by atoms with Gasteiger partial charge in [-0.2, -0.15) is 4.31 Å².